The van der Waals surface area contributed by atoms with Gasteiger partial charge in [-0.2, -0.15) is 0 Å². The van der Waals surface area contributed by atoms with Gasteiger partial charge in [-0.25, -0.2) is 4.79 Å². The maximum atomic E-state index is 12.0. The molecule has 1 aromatic rings. The molecule has 6 heteroatoms. The van der Waals surface area contributed by atoms with Gasteiger partial charge in [0.05, 0.1) is 0 Å². The smallest absolute Gasteiger partial charge is 0.326 e. The van der Waals surface area contributed by atoms with Crippen molar-refractivity contribution in [3.63, 3.8) is 0 Å². The van der Waals surface area contributed by atoms with Gasteiger partial charge in [0.15, 0.2) is 0 Å². The van der Waals surface area contributed by atoms with E-state index in [1.165, 1.54) is 0 Å². The second-order valence-corrected chi connectivity index (χ2v) is 4.47. The molecule has 2 atom stereocenters. The fourth-order valence-electron chi connectivity index (χ4n) is 2.11. The molecule has 0 bridgehead atoms. The lowest BCUT2D eigenvalue weighted by molar-refractivity contribution is -0.142. The number of aliphatic hydroxyl groups excluding tert-OH is 1. The molecule has 1 heterocycles. The SMILES string of the molecule is O=C(O)[C@H](CCO)NC(=O)[C@@H]1Cc2ccccc2N1. The molecule has 0 unspecified atom stereocenters. The van der Waals surface area contributed by atoms with Gasteiger partial charge < -0.3 is 20.8 Å². The summed E-state index contributed by atoms with van der Waals surface area (Å²) in [5, 5.41) is 23.2. The van der Waals surface area contributed by atoms with Crippen LogP contribution in [-0.4, -0.2) is 40.8 Å². The van der Waals surface area contributed by atoms with Gasteiger partial charge >= 0.3 is 5.97 Å². The summed E-state index contributed by atoms with van der Waals surface area (Å²) in [6.45, 7) is -0.282. The number of carboxylic acids is 1. The molecule has 19 heavy (non-hydrogen) atoms. The Balaban J connectivity index is 1.97. The zero-order valence-corrected chi connectivity index (χ0v) is 10.3. The molecule has 0 aliphatic carbocycles. The number of aliphatic hydroxyl groups is 1. The summed E-state index contributed by atoms with van der Waals surface area (Å²) >= 11 is 0. The molecular weight excluding hydrogens is 248 g/mol. The molecule has 0 fully saturated rings. The van der Waals surface area contributed by atoms with E-state index >= 15 is 0 Å². The van der Waals surface area contributed by atoms with Crippen LogP contribution in [-0.2, 0) is 16.0 Å². The van der Waals surface area contributed by atoms with Crippen LogP contribution in [0.15, 0.2) is 24.3 Å². The molecule has 1 aromatic carbocycles. The first-order chi connectivity index (χ1) is 9.11. The van der Waals surface area contributed by atoms with Crippen LogP contribution in [0.2, 0.25) is 0 Å². The third-order valence-electron chi connectivity index (χ3n) is 3.12. The number of aliphatic carboxylic acids is 1. The van der Waals surface area contributed by atoms with Crippen molar-refractivity contribution in [2.75, 3.05) is 11.9 Å². The van der Waals surface area contributed by atoms with E-state index in [0.29, 0.717) is 6.42 Å². The fraction of sp³-hybridized carbons (Fsp3) is 0.385. The van der Waals surface area contributed by atoms with Gasteiger partial charge in [0.25, 0.3) is 0 Å². The van der Waals surface area contributed by atoms with Gasteiger partial charge in [-0.05, 0) is 11.6 Å². The number of carbonyl (C=O) groups is 2. The van der Waals surface area contributed by atoms with Gasteiger partial charge in [0.2, 0.25) is 5.91 Å². The lowest BCUT2D eigenvalue weighted by Gasteiger charge is -2.17. The molecule has 0 saturated carbocycles. The number of anilines is 1. The predicted molar refractivity (Wildman–Crippen MR) is 68.8 cm³/mol. The fourth-order valence-corrected chi connectivity index (χ4v) is 2.11. The summed E-state index contributed by atoms with van der Waals surface area (Å²) in [6, 6.07) is 6.06. The van der Waals surface area contributed by atoms with Gasteiger partial charge in [-0.15, -0.1) is 0 Å². The first kappa shape index (κ1) is 13.4. The molecule has 2 rings (SSSR count). The number of hydrogen-bond acceptors (Lipinski definition) is 4. The normalized spacial score (nSPS) is 18.3. The third-order valence-corrected chi connectivity index (χ3v) is 3.12. The first-order valence-electron chi connectivity index (χ1n) is 6.10. The van der Waals surface area contributed by atoms with Crippen LogP contribution in [0.25, 0.3) is 0 Å². The van der Waals surface area contributed by atoms with E-state index < -0.39 is 18.1 Å². The lowest BCUT2D eigenvalue weighted by Crippen LogP contribution is -2.47. The highest BCUT2D eigenvalue weighted by molar-refractivity contribution is 5.90. The number of fused-ring (bicyclic) bond motifs is 1. The van der Waals surface area contributed by atoms with E-state index in [-0.39, 0.29) is 18.9 Å². The topological polar surface area (TPSA) is 98.7 Å². The maximum absolute atomic E-state index is 12.0. The highest BCUT2D eigenvalue weighted by atomic mass is 16.4. The lowest BCUT2D eigenvalue weighted by atomic mass is 10.1. The number of amides is 1. The van der Waals surface area contributed by atoms with Crippen molar-refractivity contribution in [2.45, 2.75) is 24.9 Å². The molecule has 6 nitrogen and oxygen atoms in total. The van der Waals surface area contributed by atoms with Crippen molar-refractivity contribution in [2.24, 2.45) is 0 Å². The minimum absolute atomic E-state index is 0.000736. The van der Waals surface area contributed by atoms with Crippen molar-refractivity contribution in [1.82, 2.24) is 5.32 Å². The summed E-state index contributed by atoms with van der Waals surface area (Å²) in [5.41, 5.74) is 1.94. The quantitative estimate of drug-likeness (QED) is 0.599. The van der Waals surface area contributed by atoms with Crippen LogP contribution in [0.3, 0.4) is 0 Å². The summed E-state index contributed by atoms with van der Waals surface area (Å²) in [4.78, 5) is 22.9. The zero-order valence-electron chi connectivity index (χ0n) is 10.3. The van der Waals surface area contributed by atoms with Gasteiger partial charge in [0.1, 0.15) is 12.1 Å². The highest BCUT2D eigenvalue weighted by Gasteiger charge is 2.29. The molecule has 0 spiro atoms. The van der Waals surface area contributed by atoms with E-state index in [4.69, 9.17) is 10.2 Å². The Morgan fingerprint density at radius 1 is 1.42 bits per heavy atom. The summed E-state index contributed by atoms with van der Waals surface area (Å²) in [7, 11) is 0. The summed E-state index contributed by atoms with van der Waals surface area (Å²) in [6.07, 6.45) is 0.536. The van der Waals surface area contributed by atoms with Crippen molar-refractivity contribution in [3.8, 4) is 0 Å². The molecule has 1 amide bonds. The third kappa shape index (κ3) is 3.03. The highest BCUT2D eigenvalue weighted by Crippen LogP contribution is 2.25. The summed E-state index contributed by atoms with van der Waals surface area (Å²) < 4.78 is 0. The number of nitrogens with one attached hydrogen (secondary N) is 2. The van der Waals surface area contributed by atoms with Crippen molar-refractivity contribution in [3.05, 3.63) is 29.8 Å². The average molecular weight is 264 g/mol. The van der Waals surface area contributed by atoms with E-state index in [1.807, 2.05) is 24.3 Å². The van der Waals surface area contributed by atoms with Crippen LogP contribution >= 0.6 is 0 Å². The zero-order chi connectivity index (χ0) is 13.8. The largest absolute Gasteiger partial charge is 0.480 e. The Kier molecular flexibility index (Phi) is 4.01. The Morgan fingerprint density at radius 2 is 2.16 bits per heavy atom. The molecule has 4 N–H and O–H groups in total. The van der Waals surface area contributed by atoms with Gasteiger partial charge in [0, 0.05) is 25.1 Å². The average Bonchev–Trinajstić information content (AvgIpc) is 2.81. The Hall–Kier alpha value is -2.08. The maximum Gasteiger partial charge on any atom is 0.326 e. The minimum atomic E-state index is -1.14. The van der Waals surface area contributed by atoms with E-state index in [9.17, 15) is 9.59 Å². The van der Waals surface area contributed by atoms with Crippen LogP contribution in [0.1, 0.15) is 12.0 Å². The van der Waals surface area contributed by atoms with Crippen LogP contribution in [0.4, 0.5) is 5.69 Å². The molecule has 0 radical (unpaired) electrons. The second kappa shape index (κ2) is 5.71. The van der Waals surface area contributed by atoms with Crippen LogP contribution in [0.5, 0.6) is 0 Å². The molecule has 102 valence electrons. The molecule has 1 aliphatic rings. The van der Waals surface area contributed by atoms with Gasteiger partial charge in [-0.3, -0.25) is 4.79 Å². The number of rotatable bonds is 5. The van der Waals surface area contributed by atoms with Crippen molar-refractivity contribution >= 4 is 17.6 Å². The molecule has 0 saturated heterocycles. The number of hydrogen-bond donors (Lipinski definition) is 4. The standard InChI is InChI=1S/C13H16N2O4/c16-6-5-10(13(18)19)15-12(17)11-7-8-3-1-2-4-9(8)14-11/h1-4,10-11,14,16H,5-7H2,(H,15,17)(H,18,19)/t10-,11-/m0/s1. The van der Waals surface area contributed by atoms with Crippen LogP contribution < -0.4 is 10.6 Å². The number of para-hydroxylation sites is 1. The predicted octanol–water partition coefficient (Wildman–Crippen LogP) is -0.0250. The number of carbonyl (C=O) groups excluding carboxylic acids is 1. The number of benzene rings is 1. The van der Waals surface area contributed by atoms with Crippen molar-refractivity contribution in [1.29, 1.82) is 0 Å². The van der Waals surface area contributed by atoms with E-state index in [1.54, 1.807) is 0 Å². The summed E-state index contributed by atoms with van der Waals surface area (Å²) in [5.74, 6) is -1.50. The minimum Gasteiger partial charge on any atom is -0.480 e. The molecular formula is C13H16N2O4. The number of carboxylic acid groups (broad SMARTS) is 1. The Labute approximate surface area is 110 Å². The van der Waals surface area contributed by atoms with Crippen molar-refractivity contribution < 1.29 is 19.8 Å². The second-order valence-electron chi connectivity index (χ2n) is 4.47. The Bertz CT molecular complexity index is 464. The van der Waals surface area contributed by atoms with E-state index in [0.717, 1.165) is 11.3 Å². The van der Waals surface area contributed by atoms with Gasteiger partial charge in [-0.1, -0.05) is 18.2 Å². The first-order valence-corrected chi connectivity index (χ1v) is 6.10. The van der Waals surface area contributed by atoms with E-state index in [2.05, 4.69) is 10.6 Å². The molecule has 1 aliphatic heterocycles. The monoisotopic (exact) mass is 264 g/mol. The Morgan fingerprint density at radius 3 is 2.79 bits per heavy atom. The van der Waals surface area contributed by atoms with Crippen LogP contribution in [0, 0.1) is 0 Å². The molecule has 0 aromatic heterocycles.